The zero-order chi connectivity index (χ0) is 10.6. The van der Waals surface area contributed by atoms with Gasteiger partial charge in [-0.05, 0) is 19.3 Å². The number of piperidine rings is 1. The van der Waals surface area contributed by atoms with Crippen molar-refractivity contribution in [1.29, 1.82) is 0 Å². The molecule has 1 rings (SSSR count). The van der Waals surface area contributed by atoms with Crippen LogP contribution in [0, 0.1) is 5.92 Å². The number of hydrogen-bond acceptors (Lipinski definition) is 3. The Morgan fingerprint density at radius 1 is 1.86 bits per heavy atom. The monoisotopic (exact) mass is 198 g/mol. The highest BCUT2D eigenvalue weighted by atomic mass is 16.5. The van der Waals surface area contributed by atoms with E-state index in [0.29, 0.717) is 12.2 Å². The molecular formula is C10H18N2O2. The minimum absolute atomic E-state index is 0.0191. The number of ether oxygens (including phenoxy) is 1. The first-order valence-electron chi connectivity index (χ1n) is 4.91. The van der Waals surface area contributed by atoms with Gasteiger partial charge >= 0.3 is 0 Å². The van der Waals surface area contributed by atoms with Crippen LogP contribution in [0.1, 0.15) is 19.3 Å². The molecular weight excluding hydrogens is 180 g/mol. The molecule has 1 amide bonds. The first-order valence-corrected chi connectivity index (χ1v) is 4.91. The van der Waals surface area contributed by atoms with Crippen molar-refractivity contribution in [2.75, 3.05) is 13.7 Å². The summed E-state index contributed by atoms with van der Waals surface area (Å²) in [7, 11) is 1.54. The maximum atomic E-state index is 11.4. The van der Waals surface area contributed by atoms with Crippen molar-refractivity contribution in [2.24, 2.45) is 11.7 Å². The van der Waals surface area contributed by atoms with Crippen LogP contribution in [-0.2, 0) is 9.53 Å². The Morgan fingerprint density at radius 3 is 3.14 bits per heavy atom. The number of rotatable bonds is 4. The molecule has 1 heterocycles. The van der Waals surface area contributed by atoms with Crippen LogP contribution in [0.3, 0.4) is 0 Å². The Bertz CT molecular complexity index is 228. The van der Waals surface area contributed by atoms with Crippen LogP contribution in [0.4, 0.5) is 0 Å². The Kier molecular flexibility index (Phi) is 3.95. The van der Waals surface area contributed by atoms with Crippen LogP contribution in [0.15, 0.2) is 12.3 Å². The Hall–Kier alpha value is -1.03. The highest BCUT2D eigenvalue weighted by molar-refractivity contribution is 5.79. The minimum atomic E-state index is -0.242. The summed E-state index contributed by atoms with van der Waals surface area (Å²) < 4.78 is 4.94. The maximum Gasteiger partial charge on any atom is 0.223 e. The topological polar surface area (TPSA) is 64.3 Å². The fourth-order valence-electron chi connectivity index (χ4n) is 1.65. The number of nitrogens with one attached hydrogen (secondary N) is 1. The highest BCUT2D eigenvalue weighted by Gasteiger charge is 2.25. The fraction of sp³-hybridized carbons (Fsp3) is 0.700. The second-order valence-electron chi connectivity index (χ2n) is 3.64. The van der Waals surface area contributed by atoms with Gasteiger partial charge in [-0.15, -0.1) is 0 Å². The third kappa shape index (κ3) is 2.73. The average molecular weight is 198 g/mol. The molecule has 0 aliphatic carbocycles. The average Bonchev–Trinajstić information content (AvgIpc) is 2.20. The molecule has 0 aromatic heterocycles. The van der Waals surface area contributed by atoms with E-state index in [9.17, 15) is 4.79 Å². The number of carbonyl (C=O) groups is 1. The maximum absolute atomic E-state index is 11.4. The number of nitrogens with two attached hydrogens (primary N) is 1. The molecule has 0 radical (unpaired) electrons. The number of methoxy groups -OCH3 is 1. The number of amides is 1. The smallest absolute Gasteiger partial charge is 0.223 e. The summed E-state index contributed by atoms with van der Waals surface area (Å²) in [5, 5.41) is 2.83. The second kappa shape index (κ2) is 5.00. The third-order valence-electron chi connectivity index (χ3n) is 2.61. The van der Waals surface area contributed by atoms with Gasteiger partial charge in [-0.1, -0.05) is 6.58 Å². The quantitative estimate of drug-likeness (QED) is 0.642. The van der Waals surface area contributed by atoms with Gasteiger partial charge in [0.1, 0.15) is 5.76 Å². The van der Waals surface area contributed by atoms with Crippen molar-refractivity contribution in [1.82, 2.24) is 5.32 Å². The van der Waals surface area contributed by atoms with Gasteiger partial charge in [0.25, 0.3) is 0 Å². The summed E-state index contributed by atoms with van der Waals surface area (Å²) in [4.78, 5) is 11.4. The van der Waals surface area contributed by atoms with E-state index in [1.165, 1.54) is 0 Å². The van der Waals surface area contributed by atoms with Crippen molar-refractivity contribution in [3.8, 4) is 0 Å². The van der Waals surface area contributed by atoms with Gasteiger partial charge in [-0.3, -0.25) is 4.79 Å². The molecule has 0 saturated carbocycles. The molecule has 4 heteroatoms. The summed E-state index contributed by atoms with van der Waals surface area (Å²) in [5.41, 5.74) is 5.82. The SMILES string of the molecule is C=C(OC)[C@@H](N)C[C@@H]1CCCNC1=O. The van der Waals surface area contributed by atoms with E-state index in [-0.39, 0.29) is 17.9 Å². The molecule has 0 aromatic rings. The van der Waals surface area contributed by atoms with Crippen LogP contribution in [-0.4, -0.2) is 25.6 Å². The van der Waals surface area contributed by atoms with Gasteiger partial charge in [0.05, 0.1) is 13.2 Å². The first kappa shape index (κ1) is 11.0. The van der Waals surface area contributed by atoms with Crippen LogP contribution < -0.4 is 11.1 Å². The van der Waals surface area contributed by atoms with E-state index in [1.54, 1.807) is 7.11 Å². The molecule has 1 aliphatic rings. The molecule has 1 aliphatic heterocycles. The van der Waals surface area contributed by atoms with E-state index in [1.807, 2.05) is 0 Å². The second-order valence-corrected chi connectivity index (χ2v) is 3.64. The zero-order valence-electron chi connectivity index (χ0n) is 8.58. The molecule has 0 bridgehead atoms. The lowest BCUT2D eigenvalue weighted by Gasteiger charge is -2.24. The van der Waals surface area contributed by atoms with Crippen LogP contribution in [0.25, 0.3) is 0 Å². The summed E-state index contributed by atoms with van der Waals surface area (Å²) in [5.74, 6) is 0.671. The lowest BCUT2D eigenvalue weighted by molar-refractivity contribution is -0.126. The normalized spacial score (nSPS) is 23.9. The van der Waals surface area contributed by atoms with E-state index in [0.717, 1.165) is 19.4 Å². The predicted octanol–water partition coefficient (Wildman–Crippen LogP) is 0.390. The Balaban J connectivity index is 2.42. The third-order valence-corrected chi connectivity index (χ3v) is 2.61. The van der Waals surface area contributed by atoms with E-state index < -0.39 is 0 Å². The van der Waals surface area contributed by atoms with E-state index in [4.69, 9.17) is 10.5 Å². The predicted molar refractivity (Wildman–Crippen MR) is 54.5 cm³/mol. The molecule has 0 spiro atoms. The number of carbonyl (C=O) groups excluding carboxylic acids is 1. The highest BCUT2D eigenvalue weighted by Crippen LogP contribution is 2.18. The van der Waals surface area contributed by atoms with Gasteiger partial charge in [0, 0.05) is 12.5 Å². The van der Waals surface area contributed by atoms with Gasteiger partial charge in [0.15, 0.2) is 0 Å². The van der Waals surface area contributed by atoms with Crippen LogP contribution in [0.5, 0.6) is 0 Å². The molecule has 80 valence electrons. The molecule has 3 N–H and O–H groups in total. The summed E-state index contributed by atoms with van der Waals surface area (Å²) in [6.07, 6.45) is 2.57. The first-order chi connectivity index (χ1) is 6.65. The molecule has 4 nitrogen and oxygen atoms in total. The molecule has 2 atom stereocenters. The van der Waals surface area contributed by atoms with Gasteiger partial charge in [-0.2, -0.15) is 0 Å². The van der Waals surface area contributed by atoms with Gasteiger partial charge in [0.2, 0.25) is 5.91 Å². The summed E-state index contributed by atoms with van der Waals surface area (Å²) in [6.45, 7) is 4.47. The van der Waals surface area contributed by atoms with E-state index in [2.05, 4.69) is 11.9 Å². The fourth-order valence-corrected chi connectivity index (χ4v) is 1.65. The van der Waals surface area contributed by atoms with Crippen molar-refractivity contribution in [3.05, 3.63) is 12.3 Å². The minimum Gasteiger partial charge on any atom is -0.500 e. The van der Waals surface area contributed by atoms with Gasteiger partial charge in [-0.25, -0.2) is 0 Å². The molecule has 1 fully saturated rings. The molecule has 1 saturated heterocycles. The molecule has 0 aromatic carbocycles. The Morgan fingerprint density at radius 2 is 2.57 bits per heavy atom. The van der Waals surface area contributed by atoms with Crippen molar-refractivity contribution in [3.63, 3.8) is 0 Å². The van der Waals surface area contributed by atoms with Crippen LogP contribution >= 0.6 is 0 Å². The molecule has 0 unspecified atom stereocenters. The van der Waals surface area contributed by atoms with Gasteiger partial charge < -0.3 is 15.8 Å². The Labute approximate surface area is 84.5 Å². The van der Waals surface area contributed by atoms with Crippen molar-refractivity contribution < 1.29 is 9.53 Å². The number of hydrogen-bond donors (Lipinski definition) is 2. The van der Waals surface area contributed by atoms with Crippen LogP contribution in [0.2, 0.25) is 0 Å². The largest absolute Gasteiger partial charge is 0.500 e. The van der Waals surface area contributed by atoms with E-state index >= 15 is 0 Å². The lowest BCUT2D eigenvalue weighted by Crippen LogP contribution is -2.40. The summed E-state index contributed by atoms with van der Waals surface area (Å²) >= 11 is 0. The van der Waals surface area contributed by atoms with Crippen molar-refractivity contribution >= 4 is 5.91 Å². The lowest BCUT2D eigenvalue weighted by atomic mass is 9.91. The zero-order valence-corrected chi connectivity index (χ0v) is 8.58. The standard InChI is InChI=1S/C10H18N2O2/c1-7(14-2)9(11)6-8-4-3-5-12-10(8)13/h8-9H,1,3-6,11H2,2H3,(H,12,13)/t8-,9-/m0/s1. The summed E-state index contributed by atoms with van der Waals surface area (Å²) in [6, 6.07) is -0.242. The molecule has 14 heavy (non-hydrogen) atoms. The van der Waals surface area contributed by atoms with Crippen molar-refractivity contribution in [2.45, 2.75) is 25.3 Å².